The summed E-state index contributed by atoms with van der Waals surface area (Å²) in [5, 5.41) is 21.9. The average molecular weight is 408 g/mol. The van der Waals surface area contributed by atoms with Gasteiger partial charge in [0, 0.05) is 41.4 Å². The van der Waals surface area contributed by atoms with Gasteiger partial charge in [-0.1, -0.05) is 0 Å². The number of aromatic nitrogens is 6. The first-order valence-corrected chi connectivity index (χ1v) is 9.91. The van der Waals surface area contributed by atoms with Gasteiger partial charge in [0.2, 0.25) is 0 Å². The SMILES string of the molecule is Cc1c(-c2cnc(CCc3c(F)ccc4c3CCO4)n3cnnc23)cnn1CCO. The third-order valence-corrected chi connectivity index (χ3v) is 5.65. The molecule has 9 heteroatoms. The number of aryl methyl sites for hydroxylation is 1. The maximum Gasteiger partial charge on any atom is 0.171 e. The molecule has 1 N–H and O–H groups in total. The molecule has 0 bridgehead atoms. The smallest absolute Gasteiger partial charge is 0.171 e. The van der Waals surface area contributed by atoms with Crippen LogP contribution in [0.4, 0.5) is 4.39 Å². The van der Waals surface area contributed by atoms with Crippen molar-refractivity contribution in [1.29, 1.82) is 0 Å². The molecule has 0 fully saturated rings. The Morgan fingerprint density at radius 1 is 1.20 bits per heavy atom. The monoisotopic (exact) mass is 408 g/mol. The molecule has 0 atom stereocenters. The van der Waals surface area contributed by atoms with Gasteiger partial charge in [-0.15, -0.1) is 10.2 Å². The first-order chi connectivity index (χ1) is 14.7. The highest BCUT2D eigenvalue weighted by atomic mass is 19.1. The molecule has 4 heterocycles. The van der Waals surface area contributed by atoms with Gasteiger partial charge in [-0.3, -0.25) is 9.08 Å². The lowest BCUT2D eigenvalue weighted by atomic mass is 10.00. The van der Waals surface area contributed by atoms with Crippen molar-refractivity contribution >= 4 is 5.65 Å². The molecule has 0 saturated heterocycles. The van der Waals surface area contributed by atoms with E-state index in [1.807, 2.05) is 11.3 Å². The molecule has 3 aromatic heterocycles. The van der Waals surface area contributed by atoms with E-state index in [4.69, 9.17) is 4.74 Å². The Labute approximate surface area is 172 Å². The van der Waals surface area contributed by atoms with E-state index in [-0.39, 0.29) is 12.4 Å². The van der Waals surface area contributed by atoms with E-state index < -0.39 is 0 Å². The van der Waals surface area contributed by atoms with Crippen LogP contribution in [0.25, 0.3) is 16.8 Å². The van der Waals surface area contributed by atoms with E-state index in [0.717, 1.165) is 40.4 Å². The fourth-order valence-electron chi connectivity index (χ4n) is 4.09. The molecule has 4 aromatic rings. The molecule has 0 unspecified atom stereocenters. The summed E-state index contributed by atoms with van der Waals surface area (Å²) in [6.07, 6.45) is 6.94. The third-order valence-electron chi connectivity index (χ3n) is 5.65. The minimum absolute atomic E-state index is 0.0181. The van der Waals surface area contributed by atoms with Gasteiger partial charge in [0.25, 0.3) is 0 Å². The van der Waals surface area contributed by atoms with Crippen LogP contribution in [0.5, 0.6) is 5.75 Å². The molecular weight excluding hydrogens is 387 g/mol. The number of nitrogens with zero attached hydrogens (tertiary/aromatic N) is 6. The van der Waals surface area contributed by atoms with Gasteiger partial charge in [0.1, 0.15) is 23.7 Å². The van der Waals surface area contributed by atoms with Gasteiger partial charge in [-0.25, -0.2) is 9.37 Å². The van der Waals surface area contributed by atoms with Crippen molar-refractivity contribution in [3.8, 4) is 16.9 Å². The first-order valence-electron chi connectivity index (χ1n) is 9.91. The van der Waals surface area contributed by atoms with Gasteiger partial charge in [0.15, 0.2) is 5.65 Å². The van der Waals surface area contributed by atoms with E-state index >= 15 is 0 Å². The lowest BCUT2D eigenvalue weighted by Crippen LogP contribution is -2.07. The summed E-state index contributed by atoms with van der Waals surface area (Å²) >= 11 is 0. The van der Waals surface area contributed by atoms with Gasteiger partial charge in [-0.05, 0) is 31.0 Å². The molecular formula is C21H21FN6O2. The highest BCUT2D eigenvalue weighted by molar-refractivity contribution is 5.77. The molecule has 154 valence electrons. The lowest BCUT2D eigenvalue weighted by Gasteiger charge is -2.11. The molecule has 1 aliphatic rings. The van der Waals surface area contributed by atoms with E-state index in [2.05, 4.69) is 20.3 Å². The topological polar surface area (TPSA) is 90.4 Å². The molecule has 0 amide bonds. The van der Waals surface area contributed by atoms with Crippen molar-refractivity contribution in [1.82, 2.24) is 29.4 Å². The number of halogens is 1. The minimum atomic E-state index is -0.206. The molecule has 0 saturated carbocycles. The first kappa shape index (κ1) is 18.7. The summed E-state index contributed by atoms with van der Waals surface area (Å²) < 4.78 is 23.6. The fourth-order valence-corrected chi connectivity index (χ4v) is 4.09. The summed E-state index contributed by atoms with van der Waals surface area (Å²) in [5.74, 6) is 1.33. The van der Waals surface area contributed by atoms with Crippen molar-refractivity contribution in [2.45, 2.75) is 32.7 Å². The van der Waals surface area contributed by atoms with E-state index in [1.54, 1.807) is 29.5 Å². The lowest BCUT2D eigenvalue weighted by molar-refractivity contribution is 0.268. The van der Waals surface area contributed by atoms with E-state index in [1.165, 1.54) is 6.07 Å². The molecule has 0 spiro atoms. The van der Waals surface area contributed by atoms with Crippen molar-refractivity contribution in [3.05, 3.63) is 59.3 Å². The Morgan fingerprint density at radius 3 is 2.97 bits per heavy atom. The molecule has 30 heavy (non-hydrogen) atoms. The van der Waals surface area contributed by atoms with Crippen LogP contribution in [-0.2, 0) is 25.8 Å². The van der Waals surface area contributed by atoms with Crippen molar-refractivity contribution < 1.29 is 14.2 Å². The Bertz CT molecular complexity index is 1230. The zero-order chi connectivity index (χ0) is 20.7. The molecule has 0 aliphatic carbocycles. The minimum Gasteiger partial charge on any atom is -0.493 e. The predicted molar refractivity (Wildman–Crippen MR) is 107 cm³/mol. The molecule has 1 aromatic carbocycles. The molecule has 0 radical (unpaired) electrons. The largest absolute Gasteiger partial charge is 0.493 e. The number of aliphatic hydroxyl groups is 1. The summed E-state index contributed by atoms with van der Waals surface area (Å²) in [7, 11) is 0. The number of hydrogen-bond donors (Lipinski definition) is 1. The predicted octanol–water partition coefficient (Wildman–Crippen LogP) is 2.15. The van der Waals surface area contributed by atoms with Crippen molar-refractivity contribution in [3.63, 3.8) is 0 Å². The maximum absolute atomic E-state index is 14.5. The highest BCUT2D eigenvalue weighted by Crippen LogP contribution is 2.31. The second-order valence-electron chi connectivity index (χ2n) is 7.30. The summed E-state index contributed by atoms with van der Waals surface area (Å²) in [6, 6.07) is 3.17. The Balaban J connectivity index is 1.48. The molecule has 8 nitrogen and oxygen atoms in total. The van der Waals surface area contributed by atoms with Crippen LogP contribution in [0.1, 0.15) is 22.6 Å². The quantitative estimate of drug-likeness (QED) is 0.526. The maximum atomic E-state index is 14.5. The van der Waals surface area contributed by atoms with Gasteiger partial charge >= 0.3 is 0 Å². The van der Waals surface area contributed by atoms with Gasteiger partial charge < -0.3 is 9.84 Å². The van der Waals surface area contributed by atoms with Crippen LogP contribution in [0.2, 0.25) is 0 Å². The summed E-state index contributed by atoms with van der Waals surface area (Å²) in [5.41, 5.74) is 4.96. The summed E-state index contributed by atoms with van der Waals surface area (Å²) in [4.78, 5) is 4.63. The highest BCUT2D eigenvalue weighted by Gasteiger charge is 2.21. The Morgan fingerprint density at radius 2 is 2.10 bits per heavy atom. The van der Waals surface area contributed by atoms with Crippen LogP contribution >= 0.6 is 0 Å². The average Bonchev–Trinajstić information content (AvgIpc) is 3.48. The number of fused-ring (bicyclic) bond motifs is 2. The second-order valence-corrected chi connectivity index (χ2v) is 7.30. The van der Waals surface area contributed by atoms with E-state index in [9.17, 15) is 9.50 Å². The standard InChI is InChI=1S/C21H21FN6O2/c1-13-16(11-25-28(13)7-8-29)17-10-23-20(27-12-24-26-21(17)27)5-2-14-15-6-9-30-19(15)4-3-18(14)22/h3-4,10-12,29H,2,5-9H2,1H3. The second kappa shape index (κ2) is 7.49. The number of benzene rings is 1. The van der Waals surface area contributed by atoms with Crippen molar-refractivity contribution in [2.75, 3.05) is 13.2 Å². The van der Waals surface area contributed by atoms with Crippen LogP contribution in [-0.4, -0.2) is 47.7 Å². The zero-order valence-corrected chi connectivity index (χ0v) is 16.5. The Hall–Kier alpha value is -3.33. The van der Waals surface area contributed by atoms with Crippen LogP contribution < -0.4 is 4.74 Å². The zero-order valence-electron chi connectivity index (χ0n) is 16.5. The van der Waals surface area contributed by atoms with Gasteiger partial charge in [0.05, 0.1) is 26.0 Å². The number of aliphatic hydroxyl groups excluding tert-OH is 1. The van der Waals surface area contributed by atoms with Crippen LogP contribution in [0.15, 0.2) is 30.9 Å². The number of ether oxygens (including phenoxy) is 1. The van der Waals surface area contributed by atoms with E-state index in [0.29, 0.717) is 37.2 Å². The molecule has 1 aliphatic heterocycles. The number of rotatable bonds is 6. The van der Waals surface area contributed by atoms with Crippen LogP contribution in [0, 0.1) is 12.7 Å². The fraction of sp³-hybridized carbons (Fsp3) is 0.333. The normalized spacial score (nSPS) is 13.0. The van der Waals surface area contributed by atoms with Gasteiger partial charge in [-0.2, -0.15) is 5.10 Å². The van der Waals surface area contributed by atoms with Crippen molar-refractivity contribution in [2.24, 2.45) is 0 Å². The Kier molecular flexibility index (Phi) is 4.66. The molecule has 5 rings (SSSR count). The number of hydrogen-bond acceptors (Lipinski definition) is 6. The summed E-state index contributed by atoms with van der Waals surface area (Å²) in [6.45, 7) is 2.98. The third kappa shape index (κ3) is 3.02. The van der Waals surface area contributed by atoms with Crippen LogP contribution in [0.3, 0.4) is 0 Å².